The Morgan fingerprint density at radius 2 is 1.87 bits per heavy atom. The number of carbonyl (C=O) groups excluding carboxylic acids is 1. The van der Waals surface area contributed by atoms with Gasteiger partial charge in [0.1, 0.15) is 5.75 Å². The predicted octanol–water partition coefficient (Wildman–Crippen LogP) is 3.30. The summed E-state index contributed by atoms with van der Waals surface area (Å²) in [5.74, 6) is 0.521. The first-order chi connectivity index (χ1) is 11.1. The summed E-state index contributed by atoms with van der Waals surface area (Å²) in [6.07, 6.45) is 0. The molecule has 0 saturated carbocycles. The third-order valence-electron chi connectivity index (χ3n) is 3.17. The Balaban J connectivity index is 1.88. The molecule has 0 radical (unpaired) electrons. The van der Waals surface area contributed by atoms with E-state index in [-0.39, 0.29) is 12.5 Å². The number of methoxy groups -OCH3 is 1. The molecule has 0 saturated heterocycles. The van der Waals surface area contributed by atoms with Crippen LogP contribution in [0.15, 0.2) is 53.6 Å². The molecule has 2 aromatic rings. The van der Waals surface area contributed by atoms with Crippen molar-refractivity contribution in [3.63, 3.8) is 0 Å². The summed E-state index contributed by atoms with van der Waals surface area (Å²) in [4.78, 5) is 11.8. The van der Waals surface area contributed by atoms with Gasteiger partial charge in [0.15, 0.2) is 0 Å². The van der Waals surface area contributed by atoms with Crippen LogP contribution in [0.5, 0.6) is 5.75 Å². The van der Waals surface area contributed by atoms with E-state index in [2.05, 4.69) is 15.8 Å². The summed E-state index contributed by atoms with van der Waals surface area (Å²) in [7, 11) is 1.61. The van der Waals surface area contributed by atoms with Crippen molar-refractivity contribution in [3.05, 3.63) is 59.1 Å². The number of hydrogen-bond donors (Lipinski definition) is 2. The second-order valence-electron chi connectivity index (χ2n) is 4.79. The summed E-state index contributed by atoms with van der Waals surface area (Å²) in [6.45, 7) is 1.91. The fourth-order valence-electron chi connectivity index (χ4n) is 1.86. The lowest BCUT2D eigenvalue weighted by molar-refractivity contribution is -0.119. The van der Waals surface area contributed by atoms with Crippen molar-refractivity contribution in [1.82, 2.24) is 5.43 Å². The molecule has 6 heteroatoms. The lowest BCUT2D eigenvalue weighted by atomic mass is 10.1. The van der Waals surface area contributed by atoms with Gasteiger partial charge in [-0.3, -0.25) is 4.79 Å². The lowest BCUT2D eigenvalue weighted by Crippen LogP contribution is -2.26. The molecule has 0 bridgehead atoms. The molecule has 2 N–H and O–H groups in total. The average Bonchev–Trinajstić information content (AvgIpc) is 2.59. The number of nitrogens with one attached hydrogen (secondary N) is 2. The highest BCUT2D eigenvalue weighted by Gasteiger charge is 2.03. The zero-order valence-electron chi connectivity index (χ0n) is 13.0. The van der Waals surface area contributed by atoms with Gasteiger partial charge in [0.2, 0.25) is 0 Å². The topological polar surface area (TPSA) is 62.7 Å². The van der Waals surface area contributed by atoms with E-state index in [1.807, 2.05) is 49.4 Å². The molecule has 0 heterocycles. The van der Waals surface area contributed by atoms with E-state index >= 15 is 0 Å². The van der Waals surface area contributed by atoms with E-state index in [1.54, 1.807) is 13.2 Å². The van der Waals surface area contributed by atoms with Crippen LogP contribution in [0.2, 0.25) is 5.02 Å². The molecule has 1 amide bonds. The maximum Gasteiger partial charge on any atom is 0.259 e. The van der Waals surface area contributed by atoms with Crippen molar-refractivity contribution in [2.24, 2.45) is 5.10 Å². The van der Waals surface area contributed by atoms with E-state index in [0.29, 0.717) is 16.4 Å². The van der Waals surface area contributed by atoms with Crippen molar-refractivity contribution >= 4 is 28.9 Å². The van der Waals surface area contributed by atoms with E-state index < -0.39 is 0 Å². The zero-order chi connectivity index (χ0) is 16.7. The van der Waals surface area contributed by atoms with Gasteiger partial charge in [-0.25, -0.2) is 5.43 Å². The number of hydrogen-bond acceptors (Lipinski definition) is 4. The van der Waals surface area contributed by atoms with Crippen molar-refractivity contribution in [3.8, 4) is 5.75 Å². The molecule has 0 aliphatic rings. The summed E-state index contributed by atoms with van der Waals surface area (Å²) in [5, 5.41) is 7.62. The van der Waals surface area contributed by atoms with Gasteiger partial charge in [0, 0.05) is 0 Å². The van der Waals surface area contributed by atoms with Crippen LogP contribution in [0.3, 0.4) is 0 Å². The number of benzene rings is 2. The molecular formula is C17H18ClN3O2. The standard InChI is InChI=1S/C17H18ClN3O2/c1-12(13-7-9-14(23-2)10-8-13)20-21-17(22)11-19-16-6-4-3-5-15(16)18/h3-10,19H,11H2,1-2H3,(H,21,22)/b20-12-. The van der Waals surface area contributed by atoms with Gasteiger partial charge >= 0.3 is 0 Å². The van der Waals surface area contributed by atoms with Crippen LogP contribution in [0, 0.1) is 0 Å². The third-order valence-corrected chi connectivity index (χ3v) is 3.50. The Morgan fingerprint density at radius 3 is 2.52 bits per heavy atom. The van der Waals surface area contributed by atoms with Gasteiger partial charge in [-0.05, 0) is 48.9 Å². The first-order valence-corrected chi connectivity index (χ1v) is 7.44. The number of nitrogens with zero attached hydrogens (tertiary/aromatic N) is 1. The number of ether oxygens (including phenoxy) is 1. The molecule has 0 atom stereocenters. The van der Waals surface area contributed by atoms with Crippen LogP contribution in [0.4, 0.5) is 5.69 Å². The fourth-order valence-corrected chi connectivity index (χ4v) is 2.07. The van der Waals surface area contributed by atoms with Crippen LogP contribution in [-0.2, 0) is 4.79 Å². The summed E-state index contributed by atoms with van der Waals surface area (Å²) >= 11 is 6.01. The van der Waals surface area contributed by atoms with Crippen LogP contribution in [0.25, 0.3) is 0 Å². The van der Waals surface area contributed by atoms with E-state index in [0.717, 1.165) is 11.3 Å². The fraction of sp³-hybridized carbons (Fsp3) is 0.176. The first-order valence-electron chi connectivity index (χ1n) is 7.06. The highest BCUT2D eigenvalue weighted by Crippen LogP contribution is 2.19. The second kappa shape index (κ2) is 8.19. The highest BCUT2D eigenvalue weighted by atomic mass is 35.5. The van der Waals surface area contributed by atoms with Gasteiger partial charge in [0.25, 0.3) is 5.91 Å². The Hall–Kier alpha value is -2.53. The number of para-hydroxylation sites is 1. The minimum Gasteiger partial charge on any atom is -0.497 e. The van der Waals surface area contributed by atoms with Gasteiger partial charge in [-0.1, -0.05) is 23.7 Å². The molecule has 120 valence electrons. The maximum atomic E-state index is 11.8. The smallest absolute Gasteiger partial charge is 0.259 e. The van der Waals surface area contributed by atoms with Crippen LogP contribution in [0.1, 0.15) is 12.5 Å². The third kappa shape index (κ3) is 5.00. The average molecular weight is 332 g/mol. The molecule has 0 fully saturated rings. The Labute approximate surface area is 140 Å². The highest BCUT2D eigenvalue weighted by molar-refractivity contribution is 6.33. The normalized spacial score (nSPS) is 11.0. The quantitative estimate of drug-likeness (QED) is 0.630. The molecule has 2 rings (SSSR count). The number of halogens is 1. The molecule has 0 aliphatic carbocycles. The van der Waals surface area contributed by atoms with Gasteiger partial charge < -0.3 is 10.1 Å². The number of hydrazone groups is 1. The molecule has 0 spiro atoms. The van der Waals surface area contributed by atoms with Gasteiger partial charge in [-0.2, -0.15) is 5.10 Å². The van der Waals surface area contributed by atoms with Gasteiger partial charge in [-0.15, -0.1) is 0 Å². The van der Waals surface area contributed by atoms with E-state index in [4.69, 9.17) is 16.3 Å². The molecular weight excluding hydrogens is 314 g/mol. The van der Waals surface area contributed by atoms with Crippen molar-refractivity contribution < 1.29 is 9.53 Å². The Morgan fingerprint density at radius 1 is 1.17 bits per heavy atom. The van der Waals surface area contributed by atoms with E-state index in [1.165, 1.54) is 0 Å². The molecule has 23 heavy (non-hydrogen) atoms. The molecule has 5 nitrogen and oxygen atoms in total. The molecule has 0 aliphatic heterocycles. The van der Waals surface area contributed by atoms with Crippen LogP contribution < -0.4 is 15.5 Å². The second-order valence-corrected chi connectivity index (χ2v) is 5.20. The molecule has 0 aromatic heterocycles. The number of anilines is 1. The summed E-state index contributed by atoms with van der Waals surface area (Å²) in [5.41, 5.74) is 4.83. The predicted molar refractivity (Wildman–Crippen MR) is 93.3 cm³/mol. The van der Waals surface area contributed by atoms with Crippen molar-refractivity contribution in [2.75, 3.05) is 19.0 Å². The molecule has 2 aromatic carbocycles. The lowest BCUT2D eigenvalue weighted by Gasteiger charge is -2.07. The van der Waals surface area contributed by atoms with Crippen molar-refractivity contribution in [1.29, 1.82) is 0 Å². The number of amides is 1. The SMILES string of the molecule is COc1ccc(/C(C)=N\NC(=O)CNc2ccccc2Cl)cc1. The largest absolute Gasteiger partial charge is 0.497 e. The molecule has 0 unspecified atom stereocenters. The zero-order valence-corrected chi connectivity index (χ0v) is 13.7. The van der Waals surface area contributed by atoms with Crippen LogP contribution in [-0.4, -0.2) is 25.3 Å². The van der Waals surface area contributed by atoms with Gasteiger partial charge in [0.05, 0.1) is 30.1 Å². The number of carbonyl (C=O) groups is 1. The van der Waals surface area contributed by atoms with E-state index in [9.17, 15) is 4.79 Å². The maximum absolute atomic E-state index is 11.8. The minimum absolute atomic E-state index is 0.0864. The summed E-state index contributed by atoms with van der Waals surface area (Å²) < 4.78 is 5.10. The summed E-state index contributed by atoms with van der Waals surface area (Å²) in [6, 6.07) is 14.7. The minimum atomic E-state index is -0.252. The first kappa shape index (κ1) is 16.8. The Bertz CT molecular complexity index is 699. The van der Waals surface area contributed by atoms with Crippen molar-refractivity contribution in [2.45, 2.75) is 6.92 Å². The monoisotopic (exact) mass is 331 g/mol. The number of rotatable bonds is 6. The Kier molecular flexibility index (Phi) is 6.00. The van der Waals surface area contributed by atoms with Crippen LogP contribution >= 0.6 is 11.6 Å².